The second-order valence-corrected chi connectivity index (χ2v) is 4.78. The Balaban J connectivity index is 2.37. The predicted molar refractivity (Wildman–Crippen MR) is 63.8 cm³/mol. The summed E-state index contributed by atoms with van der Waals surface area (Å²) in [7, 11) is 0. The summed E-state index contributed by atoms with van der Waals surface area (Å²) < 4.78 is 0. The molecule has 0 saturated heterocycles. The number of hydrogen-bond acceptors (Lipinski definition) is 3. The van der Waals surface area contributed by atoms with E-state index in [1.807, 2.05) is 6.92 Å². The molecule has 90 valence electrons. The second kappa shape index (κ2) is 7.20. The average molecular weight is 214 g/mol. The van der Waals surface area contributed by atoms with E-state index in [1.54, 1.807) is 0 Å². The van der Waals surface area contributed by atoms with Gasteiger partial charge in [0.05, 0.1) is 6.10 Å². The van der Waals surface area contributed by atoms with Gasteiger partial charge in [-0.1, -0.05) is 19.3 Å². The van der Waals surface area contributed by atoms with Gasteiger partial charge >= 0.3 is 0 Å². The summed E-state index contributed by atoms with van der Waals surface area (Å²) in [6, 6.07) is 0.694. The minimum absolute atomic E-state index is 0.218. The van der Waals surface area contributed by atoms with Crippen molar-refractivity contribution < 1.29 is 5.11 Å². The third-order valence-electron chi connectivity index (χ3n) is 3.24. The Bertz CT molecular complexity index is 156. The third kappa shape index (κ3) is 4.96. The van der Waals surface area contributed by atoms with Crippen LogP contribution in [0.15, 0.2) is 0 Å². The molecule has 3 nitrogen and oxygen atoms in total. The third-order valence-corrected chi connectivity index (χ3v) is 3.24. The summed E-state index contributed by atoms with van der Waals surface area (Å²) >= 11 is 0. The van der Waals surface area contributed by atoms with Crippen molar-refractivity contribution in [3.8, 4) is 0 Å². The van der Waals surface area contributed by atoms with Crippen LogP contribution in [0.25, 0.3) is 0 Å². The molecule has 0 amide bonds. The highest BCUT2D eigenvalue weighted by Crippen LogP contribution is 2.22. The van der Waals surface area contributed by atoms with Gasteiger partial charge in [-0.2, -0.15) is 0 Å². The van der Waals surface area contributed by atoms with Crippen molar-refractivity contribution in [2.45, 2.75) is 57.6 Å². The van der Waals surface area contributed by atoms with Crippen molar-refractivity contribution in [1.29, 1.82) is 0 Å². The zero-order chi connectivity index (χ0) is 11.1. The lowest BCUT2D eigenvalue weighted by atomic mass is 9.94. The monoisotopic (exact) mass is 214 g/mol. The fraction of sp³-hybridized carbons (Fsp3) is 1.00. The van der Waals surface area contributed by atoms with E-state index < -0.39 is 0 Å². The zero-order valence-electron chi connectivity index (χ0n) is 9.99. The molecular formula is C12H26N2O. The van der Waals surface area contributed by atoms with Gasteiger partial charge in [-0.05, 0) is 39.3 Å². The lowest BCUT2D eigenvalue weighted by Crippen LogP contribution is -2.42. The molecule has 0 aromatic rings. The molecule has 1 unspecified atom stereocenters. The Labute approximate surface area is 93.6 Å². The van der Waals surface area contributed by atoms with Crippen molar-refractivity contribution >= 4 is 0 Å². The normalized spacial score (nSPS) is 20.8. The number of nitrogens with zero attached hydrogens (tertiary/aromatic N) is 1. The van der Waals surface area contributed by atoms with Crippen molar-refractivity contribution in [2.75, 3.05) is 19.6 Å². The Morgan fingerprint density at radius 2 is 2.00 bits per heavy atom. The van der Waals surface area contributed by atoms with E-state index in [4.69, 9.17) is 5.73 Å². The van der Waals surface area contributed by atoms with Crippen molar-refractivity contribution in [1.82, 2.24) is 4.90 Å². The van der Waals surface area contributed by atoms with E-state index in [1.165, 1.54) is 32.1 Å². The SMILES string of the molecule is CC(O)CN(CCCN)C1CCCCC1. The van der Waals surface area contributed by atoms with Crippen LogP contribution in [0.5, 0.6) is 0 Å². The molecule has 1 rings (SSSR count). The van der Waals surface area contributed by atoms with E-state index in [9.17, 15) is 5.11 Å². The highest BCUT2D eigenvalue weighted by Gasteiger charge is 2.21. The van der Waals surface area contributed by atoms with Crippen LogP contribution in [0.4, 0.5) is 0 Å². The predicted octanol–water partition coefficient (Wildman–Crippen LogP) is 1.35. The van der Waals surface area contributed by atoms with Crippen LogP contribution in [0.3, 0.4) is 0 Å². The van der Waals surface area contributed by atoms with Gasteiger partial charge < -0.3 is 10.8 Å². The van der Waals surface area contributed by atoms with Crippen LogP contribution >= 0.6 is 0 Å². The summed E-state index contributed by atoms with van der Waals surface area (Å²) in [5.74, 6) is 0. The second-order valence-electron chi connectivity index (χ2n) is 4.78. The molecule has 1 aliphatic carbocycles. The summed E-state index contributed by atoms with van der Waals surface area (Å²) in [4.78, 5) is 2.44. The van der Waals surface area contributed by atoms with Gasteiger partial charge in [0.1, 0.15) is 0 Å². The summed E-state index contributed by atoms with van der Waals surface area (Å²) in [6.07, 6.45) is 7.52. The van der Waals surface area contributed by atoms with Gasteiger partial charge in [0, 0.05) is 12.6 Å². The minimum Gasteiger partial charge on any atom is -0.392 e. The van der Waals surface area contributed by atoms with Crippen molar-refractivity contribution in [3.63, 3.8) is 0 Å². The number of aliphatic hydroxyl groups is 1. The summed E-state index contributed by atoms with van der Waals surface area (Å²) in [5, 5.41) is 9.48. The topological polar surface area (TPSA) is 49.5 Å². The van der Waals surface area contributed by atoms with Crippen LogP contribution in [0.2, 0.25) is 0 Å². The lowest BCUT2D eigenvalue weighted by molar-refractivity contribution is 0.0820. The Kier molecular flexibility index (Phi) is 6.22. The fourth-order valence-corrected chi connectivity index (χ4v) is 2.50. The number of aliphatic hydroxyl groups excluding tert-OH is 1. The molecule has 3 N–H and O–H groups in total. The summed E-state index contributed by atoms with van der Waals surface area (Å²) in [5.41, 5.74) is 5.55. The standard InChI is InChI=1S/C12H26N2O/c1-11(15)10-14(9-5-8-13)12-6-3-2-4-7-12/h11-12,15H,2-10,13H2,1H3. The molecule has 0 heterocycles. The molecule has 0 aromatic carbocycles. The fourth-order valence-electron chi connectivity index (χ4n) is 2.50. The maximum atomic E-state index is 9.48. The van der Waals surface area contributed by atoms with E-state index in [0.717, 1.165) is 26.1 Å². The molecule has 1 atom stereocenters. The van der Waals surface area contributed by atoms with Crippen LogP contribution in [-0.4, -0.2) is 41.8 Å². The average Bonchev–Trinajstić information content (AvgIpc) is 2.25. The molecular weight excluding hydrogens is 188 g/mol. The lowest BCUT2D eigenvalue weighted by Gasteiger charge is -2.35. The first-order valence-corrected chi connectivity index (χ1v) is 6.36. The van der Waals surface area contributed by atoms with E-state index in [-0.39, 0.29) is 6.10 Å². The molecule has 15 heavy (non-hydrogen) atoms. The quantitative estimate of drug-likeness (QED) is 0.702. The van der Waals surface area contributed by atoms with Gasteiger partial charge in [0.15, 0.2) is 0 Å². The first-order valence-electron chi connectivity index (χ1n) is 6.36. The Hall–Kier alpha value is -0.120. The molecule has 3 heteroatoms. The van der Waals surface area contributed by atoms with E-state index in [0.29, 0.717) is 6.04 Å². The van der Waals surface area contributed by atoms with E-state index >= 15 is 0 Å². The number of hydrogen-bond donors (Lipinski definition) is 2. The number of nitrogens with two attached hydrogens (primary N) is 1. The first kappa shape index (κ1) is 12.9. The molecule has 0 bridgehead atoms. The molecule has 1 fully saturated rings. The van der Waals surface area contributed by atoms with Gasteiger partial charge in [-0.3, -0.25) is 4.90 Å². The van der Waals surface area contributed by atoms with Gasteiger partial charge in [-0.15, -0.1) is 0 Å². The maximum absolute atomic E-state index is 9.48. The molecule has 1 saturated carbocycles. The Morgan fingerprint density at radius 3 is 2.53 bits per heavy atom. The van der Waals surface area contributed by atoms with Gasteiger partial charge in [0.2, 0.25) is 0 Å². The van der Waals surface area contributed by atoms with Crippen LogP contribution in [-0.2, 0) is 0 Å². The molecule has 0 radical (unpaired) electrons. The van der Waals surface area contributed by atoms with Crippen molar-refractivity contribution in [2.24, 2.45) is 5.73 Å². The molecule has 0 spiro atoms. The van der Waals surface area contributed by atoms with E-state index in [2.05, 4.69) is 4.90 Å². The summed E-state index contributed by atoms with van der Waals surface area (Å²) in [6.45, 7) is 4.48. The number of rotatable bonds is 6. The zero-order valence-corrected chi connectivity index (χ0v) is 9.99. The molecule has 1 aliphatic rings. The van der Waals surface area contributed by atoms with Crippen molar-refractivity contribution in [3.05, 3.63) is 0 Å². The van der Waals surface area contributed by atoms with Gasteiger partial charge in [-0.25, -0.2) is 0 Å². The van der Waals surface area contributed by atoms with Crippen LogP contribution < -0.4 is 5.73 Å². The highest BCUT2D eigenvalue weighted by molar-refractivity contribution is 4.77. The molecule has 0 aliphatic heterocycles. The van der Waals surface area contributed by atoms with Crippen LogP contribution in [0, 0.1) is 0 Å². The maximum Gasteiger partial charge on any atom is 0.0639 e. The van der Waals surface area contributed by atoms with Gasteiger partial charge in [0.25, 0.3) is 0 Å². The van der Waals surface area contributed by atoms with Crippen LogP contribution in [0.1, 0.15) is 45.4 Å². The largest absolute Gasteiger partial charge is 0.392 e. The minimum atomic E-state index is -0.218. The Morgan fingerprint density at radius 1 is 1.33 bits per heavy atom. The molecule has 0 aromatic heterocycles. The smallest absolute Gasteiger partial charge is 0.0639 e. The first-order chi connectivity index (χ1) is 7.24. The highest BCUT2D eigenvalue weighted by atomic mass is 16.3.